The first-order valence-electron chi connectivity index (χ1n) is 4.64. The fraction of sp³-hybridized carbons (Fsp3) is 0.500. The van der Waals surface area contributed by atoms with E-state index in [1.807, 2.05) is 4.90 Å². The van der Waals surface area contributed by atoms with Crippen molar-refractivity contribution in [3.05, 3.63) is 22.4 Å². The van der Waals surface area contributed by atoms with Gasteiger partial charge in [0.05, 0.1) is 0 Å². The van der Waals surface area contributed by atoms with Crippen LogP contribution in [0, 0.1) is 5.92 Å². The molecule has 0 aromatic carbocycles. The van der Waals surface area contributed by atoms with Crippen molar-refractivity contribution >= 4 is 33.2 Å². The van der Waals surface area contributed by atoms with E-state index in [1.165, 1.54) is 5.56 Å². The van der Waals surface area contributed by atoms with E-state index < -0.39 is 0 Å². The number of likely N-dealkylation sites (tertiary alicyclic amines) is 1. The zero-order valence-electron chi connectivity index (χ0n) is 7.78. The first-order chi connectivity index (χ1) is 6.79. The molecule has 0 N–H and O–H groups in total. The highest BCUT2D eigenvalue weighted by Gasteiger charge is 2.28. The van der Waals surface area contributed by atoms with Crippen molar-refractivity contribution in [2.24, 2.45) is 5.92 Å². The van der Waals surface area contributed by atoms with Crippen LogP contribution in [0.25, 0.3) is 0 Å². The fourth-order valence-electron chi connectivity index (χ4n) is 1.71. The molecule has 0 aliphatic carbocycles. The van der Waals surface area contributed by atoms with Crippen molar-refractivity contribution in [2.45, 2.75) is 13.0 Å². The van der Waals surface area contributed by atoms with Gasteiger partial charge in [-0.3, -0.25) is 4.79 Å². The molecular formula is C10H12BrNOS. The number of carbonyl (C=O) groups excluding carboxylic acids is 1. The Morgan fingerprint density at radius 1 is 1.64 bits per heavy atom. The lowest BCUT2D eigenvalue weighted by molar-refractivity contribution is -0.128. The summed E-state index contributed by atoms with van der Waals surface area (Å²) in [7, 11) is 0. The van der Waals surface area contributed by atoms with Crippen LogP contribution in [0.3, 0.4) is 0 Å². The molecule has 76 valence electrons. The van der Waals surface area contributed by atoms with Gasteiger partial charge in [-0.15, -0.1) is 0 Å². The molecule has 1 aliphatic heterocycles. The minimum atomic E-state index is 0.292. The van der Waals surface area contributed by atoms with Gasteiger partial charge in [0.15, 0.2) is 0 Å². The summed E-state index contributed by atoms with van der Waals surface area (Å²) in [6.45, 7) is 1.69. The van der Waals surface area contributed by atoms with E-state index in [-0.39, 0.29) is 0 Å². The summed E-state index contributed by atoms with van der Waals surface area (Å²) in [4.78, 5) is 13.5. The van der Waals surface area contributed by atoms with E-state index in [4.69, 9.17) is 0 Å². The summed E-state index contributed by atoms with van der Waals surface area (Å²) in [6.07, 6.45) is 0.704. The predicted octanol–water partition coefficient (Wildman–Crippen LogP) is 2.49. The van der Waals surface area contributed by atoms with Crippen molar-refractivity contribution in [3.8, 4) is 0 Å². The van der Waals surface area contributed by atoms with E-state index in [0.717, 1.165) is 18.4 Å². The fourth-order valence-corrected chi connectivity index (χ4v) is 2.81. The molecule has 1 amide bonds. The van der Waals surface area contributed by atoms with Crippen molar-refractivity contribution in [2.75, 3.05) is 11.9 Å². The number of halogens is 1. The monoisotopic (exact) mass is 273 g/mol. The number of rotatable bonds is 3. The minimum absolute atomic E-state index is 0.292. The summed E-state index contributed by atoms with van der Waals surface area (Å²) < 4.78 is 0. The smallest absolute Gasteiger partial charge is 0.223 e. The molecule has 1 aromatic rings. The average Bonchev–Trinajstić information content (AvgIpc) is 2.78. The van der Waals surface area contributed by atoms with Crippen LogP contribution in [-0.2, 0) is 11.3 Å². The van der Waals surface area contributed by atoms with Crippen LogP contribution in [0.5, 0.6) is 0 Å². The number of hydrogen-bond donors (Lipinski definition) is 0. The zero-order chi connectivity index (χ0) is 9.97. The highest BCUT2D eigenvalue weighted by molar-refractivity contribution is 9.09. The highest BCUT2D eigenvalue weighted by Crippen LogP contribution is 2.22. The van der Waals surface area contributed by atoms with E-state index in [1.54, 1.807) is 11.3 Å². The number of alkyl halides is 1. The van der Waals surface area contributed by atoms with Gasteiger partial charge in [-0.25, -0.2) is 0 Å². The number of thiophene rings is 1. The van der Waals surface area contributed by atoms with Gasteiger partial charge in [0, 0.05) is 24.8 Å². The van der Waals surface area contributed by atoms with Crippen molar-refractivity contribution in [1.82, 2.24) is 4.90 Å². The molecule has 0 bridgehead atoms. The van der Waals surface area contributed by atoms with Crippen LogP contribution >= 0.6 is 27.3 Å². The molecule has 2 rings (SSSR count). The quantitative estimate of drug-likeness (QED) is 0.775. The number of hydrogen-bond acceptors (Lipinski definition) is 2. The molecular weight excluding hydrogens is 262 g/mol. The van der Waals surface area contributed by atoms with Crippen LogP contribution in [-0.4, -0.2) is 22.7 Å². The lowest BCUT2D eigenvalue weighted by Crippen LogP contribution is -2.24. The summed E-state index contributed by atoms with van der Waals surface area (Å²) in [5, 5.41) is 5.09. The Bertz CT molecular complexity index is 312. The Labute approximate surface area is 96.0 Å². The van der Waals surface area contributed by atoms with Gasteiger partial charge in [-0.05, 0) is 28.3 Å². The summed E-state index contributed by atoms with van der Waals surface area (Å²) in [5.74, 6) is 0.793. The molecule has 1 unspecified atom stereocenters. The molecule has 1 atom stereocenters. The molecule has 0 radical (unpaired) electrons. The second-order valence-electron chi connectivity index (χ2n) is 3.63. The molecule has 4 heteroatoms. The van der Waals surface area contributed by atoms with Crippen LogP contribution < -0.4 is 0 Å². The van der Waals surface area contributed by atoms with E-state index in [9.17, 15) is 4.79 Å². The van der Waals surface area contributed by atoms with Gasteiger partial charge in [-0.1, -0.05) is 15.9 Å². The Kier molecular flexibility index (Phi) is 3.23. The van der Waals surface area contributed by atoms with Gasteiger partial charge >= 0.3 is 0 Å². The van der Waals surface area contributed by atoms with Gasteiger partial charge in [-0.2, -0.15) is 11.3 Å². The van der Waals surface area contributed by atoms with Crippen molar-refractivity contribution in [3.63, 3.8) is 0 Å². The Hall–Kier alpha value is -0.350. The summed E-state index contributed by atoms with van der Waals surface area (Å²) in [6, 6.07) is 2.08. The number of nitrogens with zero attached hydrogens (tertiary/aromatic N) is 1. The molecule has 14 heavy (non-hydrogen) atoms. The molecule has 1 aliphatic rings. The highest BCUT2D eigenvalue weighted by atomic mass is 79.9. The third-order valence-corrected chi connectivity index (χ3v) is 4.11. The SMILES string of the molecule is O=C1CC(CBr)CN1Cc1ccsc1. The summed E-state index contributed by atoms with van der Waals surface area (Å²) >= 11 is 5.12. The van der Waals surface area contributed by atoms with Crippen LogP contribution in [0.15, 0.2) is 16.8 Å². The van der Waals surface area contributed by atoms with E-state index >= 15 is 0 Å². The lowest BCUT2D eigenvalue weighted by atomic mass is 10.2. The minimum Gasteiger partial charge on any atom is -0.338 e. The Morgan fingerprint density at radius 3 is 3.07 bits per heavy atom. The van der Waals surface area contributed by atoms with Gasteiger partial charge < -0.3 is 4.90 Å². The first kappa shape index (κ1) is 10.2. The number of carbonyl (C=O) groups is 1. The van der Waals surface area contributed by atoms with Gasteiger partial charge in [0.1, 0.15) is 0 Å². The largest absolute Gasteiger partial charge is 0.338 e. The normalized spacial score (nSPS) is 21.9. The molecule has 0 saturated carbocycles. The maximum absolute atomic E-state index is 11.6. The first-order valence-corrected chi connectivity index (χ1v) is 6.71. The molecule has 2 heterocycles. The zero-order valence-corrected chi connectivity index (χ0v) is 10.2. The average molecular weight is 274 g/mol. The van der Waals surface area contributed by atoms with Crippen molar-refractivity contribution < 1.29 is 4.79 Å². The van der Waals surface area contributed by atoms with Crippen LogP contribution in [0.4, 0.5) is 0 Å². The second kappa shape index (κ2) is 4.45. The molecule has 1 fully saturated rings. The van der Waals surface area contributed by atoms with E-state index in [0.29, 0.717) is 18.2 Å². The lowest BCUT2D eigenvalue weighted by Gasteiger charge is -2.14. The molecule has 2 nitrogen and oxygen atoms in total. The van der Waals surface area contributed by atoms with Gasteiger partial charge in [0.2, 0.25) is 5.91 Å². The van der Waals surface area contributed by atoms with Crippen LogP contribution in [0.1, 0.15) is 12.0 Å². The number of amides is 1. The molecule has 0 spiro atoms. The maximum Gasteiger partial charge on any atom is 0.223 e. The Balaban J connectivity index is 1.96. The molecule has 1 aromatic heterocycles. The van der Waals surface area contributed by atoms with Crippen molar-refractivity contribution in [1.29, 1.82) is 0 Å². The Morgan fingerprint density at radius 2 is 2.50 bits per heavy atom. The topological polar surface area (TPSA) is 20.3 Å². The third kappa shape index (κ3) is 2.17. The van der Waals surface area contributed by atoms with Gasteiger partial charge in [0.25, 0.3) is 0 Å². The van der Waals surface area contributed by atoms with Crippen LogP contribution in [0.2, 0.25) is 0 Å². The molecule has 1 saturated heterocycles. The standard InChI is InChI=1S/C10H12BrNOS/c11-4-9-3-10(13)12(6-9)5-8-1-2-14-7-8/h1-2,7,9H,3-6H2. The second-order valence-corrected chi connectivity index (χ2v) is 5.06. The van der Waals surface area contributed by atoms with E-state index in [2.05, 4.69) is 32.8 Å². The maximum atomic E-state index is 11.6. The third-order valence-electron chi connectivity index (χ3n) is 2.47. The summed E-state index contributed by atoms with van der Waals surface area (Å²) in [5.41, 5.74) is 1.25. The predicted molar refractivity (Wildman–Crippen MR) is 61.6 cm³/mol.